The molecule has 3 aromatic heterocycles. The van der Waals surface area contributed by atoms with Crippen LogP contribution in [0.15, 0.2) is 61.1 Å². The molecule has 0 amide bonds. The smallest absolute Gasteiger partial charge is 0.233 e. The molecule has 1 saturated heterocycles. The minimum atomic E-state index is -3.62. The second-order valence-electron chi connectivity index (χ2n) is 8.87. The monoisotopic (exact) mass is 522 g/mol. The van der Waals surface area contributed by atoms with Gasteiger partial charge in [-0.1, -0.05) is 6.07 Å². The molecule has 0 radical (unpaired) electrons. The highest BCUT2D eigenvalue weighted by Gasteiger charge is 2.21. The summed E-state index contributed by atoms with van der Waals surface area (Å²) in [6.45, 7) is 3.92. The molecule has 1 fully saturated rings. The number of aromatic nitrogens is 4. The van der Waals surface area contributed by atoms with Gasteiger partial charge < -0.3 is 25.2 Å². The maximum absolute atomic E-state index is 12.4. The van der Waals surface area contributed by atoms with Gasteiger partial charge in [-0.3, -0.25) is 4.31 Å². The van der Waals surface area contributed by atoms with E-state index in [1.165, 1.54) is 5.69 Å². The Kier molecular flexibility index (Phi) is 7.22. The number of pyridine rings is 1. The summed E-state index contributed by atoms with van der Waals surface area (Å²) in [6.07, 6.45) is 6.29. The molecule has 194 valence electrons. The first-order valence-corrected chi connectivity index (χ1v) is 13.9. The summed E-state index contributed by atoms with van der Waals surface area (Å²) in [5, 5.41) is 16.9. The molecule has 0 bridgehead atoms. The fraction of sp³-hybridized carbons (Fsp3) is 0.320. The van der Waals surface area contributed by atoms with E-state index in [1.54, 1.807) is 18.5 Å². The van der Waals surface area contributed by atoms with Crippen molar-refractivity contribution < 1.29 is 13.5 Å². The van der Waals surface area contributed by atoms with Gasteiger partial charge in [0.2, 0.25) is 16.0 Å². The molecule has 11 nitrogen and oxygen atoms in total. The Labute approximate surface area is 215 Å². The zero-order valence-corrected chi connectivity index (χ0v) is 21.4. The molecule has 3 N–H and O–H groups in total. The number of rotatable bonds is 9. The van der Waals surface area contributed by atoms with Gasteiger partial charge in [0.15, 0.2) is 0 Å². The predicted octanol–water partition coefficient (Wildman–Crippen LogP) is 1.79. The third-order valence-corrected chi connectivity index (χ3v) is 7.41. The Bertz CT molecular complexity index is 1470. The van der Waals surface area contributed by atoms with Crippen LogP contribution in [0.5, 0.6) is 0 Å². The Balaban J connectivity index is 1.38. The summed E-state index contributed by atoms with van der Waals surface area (Å²) >= 11 is 0. The van der Waals surface area contributed by atoms with E-state index in [4.69, 9.17) is 4.98 Å². The van der Waals surface area contributed by atoms with Gasteiger partial charge in [-0.05, 0) is 36.4 Å². The van der Waals surface area contributed by atoms with Crippen molar-refractivity contribution in [3.05, 3.63) is 66.6 Å². The van der Waals surface area contributed by atoms with Gasteiger partial charge >= 0.3 is 0 Å². The molecule has 0 atom stereocenters. The van der Waals surface area contributed by atoms with E-state index in [2.05, 4.69) is 37.6 Å². The van der Waals surface area contributed by atoms with Crippen LogP contribution < -0.4 is 19.8 Å². The van der Waals surface area contributed by atoms with Crippen molar-refractivity contribution in [1.82, 2.24) is 24.8 Å². The first-order valence-electron chi connectivity index (χ1n) is 12.1. The Morgan fingerprint density at radius 3 is 2.62 bits per heavy atom. The van der Waals surface area contributed by atoms with Crippen molar-refractivity contribution in [2.24, 2.45) is 0 Å². The number of aliphatic hydroxyl groups is 1. The topological polar surface area (TPSA) is 129 Å². The molecule has 4 heterocycles. The molecule has 5 rings (SSSR count). The number of hydrogen-bond acceptors (Lipinski definition) is 9. The lowest BCUT2D eigenvalue weighted by Gasteiger charge is -2.29. The van der Waals surface area contributed by atoms with Gasteiger partial charge in [-0.25, -0.2) is 18.4 Å². The fourth-order valence-electron chi connectivity index (χ4n) is 4.45. The number of sulfonamides is 1. The summed E-state index contributed by atoms with van der Waals surface area (Å²) in [5.41, 5.74) is 3.47. The van der Waals surface area contributed by atoms with Crippen LogP contribution in [-0.4, -0.2) is 78.6 Å². The van der Waals surface area contributed by atoms with Crippen molar-refractivity contribution >= 4 is 44.2 Å². The molecule has 0 spiro atoms. The molecule has 1 aliphatic rings. The number of benzene rings is 1. The van der Waals surface area contributed by atoms with E-state index in [1.807, 2.05) is 35.0 Å². The Hall–Kier alpha value is -3.74. The highest BCUT2D eigenvalue weighted by molar-refractivity contribution is 7.92. The number of fused-ring (bicyclic) bond motifs is 1. The Morgan fingerprint density at radius 1 is 1.11 bits per heavy atom. The SMILES string of the molecule is CS(=O)(=O)N(CCO)c1ncccc1Cn1ccc2cnc(Nc3ccc(N4CCNCC4)cc3)nc21. The van der Waals surface area contributed by atoms with Crippen LogP contribution >= 0.6 is 0 Å². The van der Waals surface area contributed by atoms with Gasteiger partial charge in [0.1, 0.15) is 11.5 Å². The van der Waals surface area contributed by atoms with Gasteiger partial charge in [0, 0.05) is 67.1 Å². The third-order valence-electron chi connectivity index (χ3n) is 6.26. The molecule has 4 aromatic rings. The molecule has 0 unspecified atom stereocenters. The lowest BCUT2D eigenvalue weighted by atomic mass is 10.2. The summed E-state index contributed by atoms with van der Waals surface area (Å²) in [4.78, 5) is 15.8. The number of aliphatic hydroxyl groups excluding tert-OH is 1. The largest absolute Gasteiger partial charge is 0.394 e. The van der Waals surface area contributed by atoms with Crippen LogP contribution in [0.3, 0.4) is 0 Å². The van der Waals surface area contributed by atoms with Crippen molar-refractivity contribution in [2.45, 2.75) is 6.54 Å². The summed E-state index contributed by atoms with van der Waals surface area (Å²) in [5.74, 6) is 0.754. The highest BCUT2D eigenvalue weighted by Crippen LogP contribution is 2.24. The van der Waals surface area contributed by atoms with E-state index in [0.29, 0.717) is 23.7 Å². The zero-order chi connectivity index (χ0) is 25.8. The van der Waals surface area contributed by atoms with Crippen molar-refractivity contribution in [3.63, 3.8) is 0 Å². The standard InChI is InChI=1S/C25H30N8O3S/c1-37(35,36)33(15-16-34)23-20(3-2-9-27-23)18-32-12-8-19-17-28-25(30-24(19)32)29-21-4-6-22(7-5-21)31-13-10-26-11-14-31/h2-9,12,17,26,34H,10-11,13-16,18H2,1H3,(H,28,29,30). The number of anilines is 4. The van der Waals surface area contributed by atoms with E-state index >= 15 is 0 Å². The van der Waals surface area contributed by atoms with Crippen LogP contribution in [0.25, 0.3) is 11.0 Å². The van der Waals surface area contributed by atoms with Crippen LogP contribution in [0.4, 0.5) is 23.1 Å². The number of hydrogen-bond donors (Lipinski definition) is 3. The summed E-state index contributed by atoms with van der Waals surface area (Å²) in [6, 6.07) is 13.7. The molecular weight excluding hydrogens is 492 g/mol. The molecule has 37 heavy (non-hydrogen) atoms. The van der Waals surface area contributed by atoms with Crippen LogP contribution in [0, 0.1) is 0 Å². The van der Waals surface area contributed by atoms with Crippen LogP contribution in [0.1, 0.15) is 5.56 Å². The van der Waals surface area contributed by atoms with Crippen molar-refractivity contribution in [3.8, 4) is 0 Å². The second kappa shape index (κ2) is 10.7. The minimum Gasteiger partial charge on any atom is -0.394 e. The van der Waals surface area contributed by atoms with Crippen LogP contribution in [-0.2, 0) is 16.6 Å². The molecule has 1 aliphatic heterocycles. The van der Waals surface area contributed by atoms with Gasteiger partial charge in [0.05, 0.1) is 26.0 Å². The van der Waals surface area contributed by atoms with Gasteiger partial charge in [-0.15, -0.1) is 0 Å². The lowest BCUT2D eigenvalue weighted by Crippen LogP contribution is -2.43. The Morgan fingerprint density at radius 2 is 1.89 bits per heavy atom. The third kappa shape index (κ3) is 5.66. The zero-order valence-electron chi connectivity index (χ0n) is 20.6. The first kappa shape index (κ1) is 24.9. The number of nitrogens with one attached hydrogen (secondary N) is 2. The molecular formula is C25H30N8O3S. The maximum atomic E-state index is 12.4. The average molecular weight is 523 g/mol. The molecule has 0 saturated carbocycles. The summed E-state index contributed by atoms with van der Waals surface area (Å²) in [7, 11) is -3.62. The van der Waals surface area contributed by atoms with Crippen LogP contribution in [0.2, 0.25) is 0 Å². The van der Waals surface area contributed by atoms with E-state index in [0.717, 1.165) is 47.8 Å². The van der Waals surface area contributed by atoms with Crippen molar-refractivity contribution in [2.75, 3.05) is 60.1 Å². The second-order valence-corrected chi connectivity index (χ2v) is 10.8. The summed E-state index contributed by atoms with van der Waals surface area (Å²) < 4.78 is 27.8. The maximum Gasteiger partial charge on any atom is 0.233 e. The van der Waals surface area contributed by atoms with E-state index < -0.39 is 10.0 Å². The fourth-order valence-corrected chi connectivity index (χ4v) is 5.34. The minimum absolute atomic E-state index is 0.0705. The molecule has 12 heteroatoms. The van der Waals surface area contributed by atoms with Gasteiger partial charge in [0.25, 0.3) is 0 Å². The molecule has 1 aromatic carbocycles. The quantitative estimate of drug-likeness (QED) is 0.301. The van der Waals surface area contributed by atoms with Gasteiger partial charge in [-0.2, -0.15) is 4.98 Å². The number of nitrogens with zero attached hydrogens (tertiary/aromatic N) is 6. The normalized spacial score (nSPS) is 14.2. The number of piperazine rings is 1. The van der Waals surface area contributed by atoms with E-state index in [-0.39, 0.29) is 19.0 Å². The molecule has 0 aliphatic carbocycles. The van der Waals surface area contributed by atoms with Crippen molar-refractivity contribution in [1.29, 1.82) is 0 Å². The first-order chi connectivity index (χ1) is 17.9. The average Bonchev–Trinajstić information content (AvgIpc) is 3.30. The predicted molar refractivity (Wildman–Crippen MR) is 145 cm³/mol. The highest BCUT2D eigenvalue weighted by atomic mass is 32.2. The van der Waals surface area contributed by atoms with E-state index in [9.17, 15) is 13.5 Å². The lowest BCUT2D eigenvalue weighted by molar-refractivity contribution is 0.306.